The molecule has 22 heavy (non-hydrogen) atoms. The van der Waals surface area contributed by atoms with Gasteiger partial charge in [0.1, 0.15) is 0 Å². The van der Waals surface area contributed by atoms with E-state index in [0.29, 0.717) is 30.9 Å². The third-order valence-electron chi connectivity index (χ3n) is 3.59. The largest absolute Gasteiger partial charge is 0.383 e. The molecule has 0 bridgehead atoms. The molecule has 7 nitrogen and oxygen atoms in total. The van der Waals surface area contributed by atoms with Gasteiger partial charge in [-0.3, -0.25) is 14.4 Å². The minimum atomic E-state index is -0.520. The van der Waals surface area contributed by atoms with Crippen molar-refractivity contribution < 1.29 is 19.1 Å². The summed E-state index contributed by atoms with van der Waals surface area (Å²) in [6.07, 6.45) is 0.203. The normalized spacial score (nSPS) is 17.6. The second kappa shape index (κ2) is 7.04. The number of hydrogen-bond donors (Lipinski definition) is 2. The van der Waals surface area contributed by atoms with Crippen molar-refractivity contribution in [1.29, 1.82) is 0 Å². The minimum absolute atomic E-state index is 0.0405. The lowest BCUT2D eigenvalue weighted by Gasteiger charge is -2.15. The van der Waals surface area contributed by atoms with Crippen molar-refractivity contribution in [2.45, 2.75) is 6.42 Å². The highest BCUT2D eigenvalue weighted by Gasteiger charge is 2.33. The first-order chi connectivity index (χ1) is 10.5. The maximum atomic E-state index is 12.2. The van der Waals surface area contributed by atoms with Crippen molar-refractivity contribution >= 4 is 23.4 Å². The van der Waals surface area contributed by atoms with Crippen molar-refractivity contribution in [3.63, 3.8) is 0 Å². The summed E-state index contributed by atoms with van der Waals surface area (Å²) in [7, 11) is 1.57. The second-order valence-electron chi connectivity index (χ2n) is 5.16. The summed E-state index contributed by atoms with van der Waals surface area (Å²) in [4.78, 5) is 36.6. The molecular formula is C15H19N3O4. The van der Waals surface area contributed by atoms with Gasteiger partial charge in [-0.2, -0.15) is 0 Å². The van der Waals surface area contributed by atoms with Crippen LogP contribution in [0.3, 0.4) is 0 Å². The Morgan fingerprint density at radius 2 is 2.05 bits per heavy atom. The Labute approximate surface area is 128 Å². The van der Waals surface area contributed by atoms with Crippen LogP contribution in [0.25, 0.3) is 0 Å². The molecule has 3 amide bonds. The summed E-state index contributed by atoms with van der Waals surface area (Å²) < 4.78 is 4.94. The number of likely N-dealkylation sites (tertiary alicyclic amines) is 1. The van der Waals surface area contributed by atoms with Gasteiger partial charge >= 0.3 is 0 Å². The Balaban J connectivity index is 1.92. The monoisotopic (exact) mass is 305 g/mol. The van der Waals surface area contributed by atoms with Crippen LogP contribution in [0.5, 0.6) is 0 Å². The molecule has 0 spiro atoms. The number of anilines is 1. The number of ether oxygens (including phenoxy) is 1. The van der Waals surface area contributed by atoms with E-state index >= 15 is 0 Å². The van der Waals surface area contributed by atoms with Gasteiger partial charge in [-0.1, -0.05) is 0 Å². The smallest absolute Gasteiger partial charge is 0.248 e. The minimum Gasteiger partial charge on any atom is -0.383 e. The molecule has 1 unspecified atom stereocenters. The zero-order valence-corrected chi connectivity index (χ0v) is 12.4. The number of amides is 3. The first-order valence-corrected chi connectivity index (χ1v) is 6.98. The summed E-state index contributed by atoms with van der Waals surface area (Å²) in [5.41, 5.74) is 6.10. The molecule has 1 fully saturated rings. The first kappa shape index (κ1) is 16.0. The number of nitrogens with zero attached hydrogens (tertiary/aromatic N) is 1. The molecule has 3 N–H and O–H groups in total. The van der Waals surface area contributed by atoms with Gasteiger partial charge in [-0.15, -0.1) is 0 Å². The maximum Gasteiger partial charge on any atom is 0.248 e. The maximum absolute atomic E-state index is 12.2. The highest BCUT2D eigenvalue weighted by Crippen LogP contribution is 2.20. The lowest BCUT2D eigenvalue weighted by Crippen LogP contribution is -2.30. The zero-order chi connectivity index (χ0) is 16.1. The van der Waals surface area contributed by atoms with Crippen LogP contribution in [0.1, 0.15) is 16.8 Å². The van der Waals surface area contributed by atoms with E-state index in [1.54, 1.807) is 36.3 Å². The Bertz CT molecular complexity index is 571. The molecule has 0 saturated carbocycles. The van der Waals surface area contributed by atoms with E-state index in [9.17, 15) is 14.4 Å². The number of rotatable bonds is 6. The highest BCUT2D eigenvalue weighted by molar-refractivity contribution is 5.98. The van der Waals surface area contributed by atoms with E-state index in [2.05, 4.69) is 5.32 Å². The molecule has 0 aromatic heterocycles. The predicted octanol–water partition coefficient (Wildman–Crippen LogP) is 0.219. The van der Waals surface area contributed by atoms with Gasteiger partial charge < -0.3 is 20.7 Å². The summed E-state index contributed by atoms with van der Waals surface area (Å²) >= 11 is 0. The average molecular weight is 305 g/mol. The van der Waals surface area contributed by atoms with Gasteiger partial charge in [0.15, 0.2) is 0 Å². The number of nitrogens with two attached hydrogens (primary N) is 1. The number of hydrogen-bond acceptors (Lipinski definition) is 4. The van der Waals surface area contributed by atoms with Gasteiger partial charge in [-0.25, -0.2) is 0 Å². The summed E-state index contributed by atoms with van der Waals surface area (Å²) in [6, 6.07) is 6.31. The van der Waals surface area contributed by atoms with Crippen LogP contribution in [0.2, 0.25) is 0 Å². The molecule has 1 heterocycles. The fourth-order valence-corrected chi connectivity index (χ4v) is 2.33. The third-order valence-corrected chi connectivity index (χ3v) is 3.59. The van der Waals surface area contributed by atoms with E-state index < -0.39 is 5.91 Å². The van der Waals surface area contributed by atoms with Crippen molar-refractivity contribution in [3.8, 4) is 0 Å². The van der Waals surface area contributed by atoms with Gasteiger partial charge in [0.25, 0.3) is 0 Å². The van der Waals surface area contributed by atoms with Gasteiger partial charge in [0, 0.05) is 37.9 Å². The molecule has 1 saturated heterocycles. The van der Waals surface area contributed by atoms with Crippen LogP contribution in [0.4, 0.5) is 5.69 Å². The fraction of sp³-hybridized carbons (Fsp3) is 0.400. The second-order valence-corrected chi connectivity index (χ2v) is 5.16. The average Bonchev–Trinajstić information content (AvgIpc) is 2.87. The van der Waals surface area contributed by atoms with Crippen molar-refractivity contribution in [3.05, 3.63) is 29.8 Å². The molecule has 1 aromatic carbocycles. The number of nitrogens with one attached hydrogen (secondary N) is 1. The Morgan fingerprint density at radius 3 is 2.64 bits per heavy atom. The summed E-state index contributed by atoms with van der Waals surface area (Å²) in [5, 5.41) is 2.75. The molecule has 1 aliphatic rings. The van der Waals surface area contributed by atoms with Crippen LogP contribution in [0.15, 0.2) is 24.3 Å². The van der Waals surface area contributed by atoms with Crippen molar-refractivity contribution in [1.82, 2.24) is 4.90 Å². The topological polar surface area (TPSA) is 102 Å². The Hall–Kier alpha value is -2.41. The van der Waals surface area contributed by atoms with E-state index in [4.69, 9.17) is 10.5 Å². The molecule has 7 heteroatoms. The van der Waals surface area contributed by atoms with Crippen LogP contribution >= 0.6 is 0 Å². The van der Waals surface area contributed by atoms with Crippen molar-refractivity contribution in [2.75, 3.05) is 32.1 Å². The van der Waals surface area contributed by atoms with E-state index in [1.807, 2.05) is 0 Å². The van der Waals surface area contributed by atoms with Crippen LogP contribution in [-0.2, 0) is 14.3 Å². The van der Waals surface area contributed by atoms with E-state index in [1.165, 1.54) is 0 Å². The predicted molar refractivity (Wildman–Crippen MR) is 80.2 cm³/mol. The lowest BCUT2D eigenvalue weighted by atomic mass is 10.1. The lowest BCUT2D eigenvalue weighted by molar-refractivity contribution is -0.128. The number of methoxy groups -OCH3 is 1. The first-order valence-electron chi connectivity index (χ1n) is 6.98. The Kier molecular flexibility index (Phi) is 5.11. The third kappa shape index (κ3) is 3.82. The highest BCUT2D eigenvalue weighted by atomic mass is 16.5. The molecule has 0 aliphatic carbocycles. The van der Waals surface area contributed by atoms with Gasteiger partial charge in [-0.05, 0) is 24.3 Å². The number of carbonyl (C=O) groups excluding carboxylic acids is 3. The van der Waals surface area contributed by atoms with E-state index in [0.717, 1.165) is 0 Å². The SMILES string of the molecule is COCCN1CC(C(=O)Nc2ccc(C(N)=O)cc2)CC1=O. The molecule has 1 aromatic rings. The zero-order valence-electron chi connectivity index (χ0n) is 12.4. The van der Waals surface area contributed by atoms with Gasteiger partial charge in [0.05, 0.1) is 12.5 Å². The molecule has 1 atom stereocenters. The fourth-order valence-electron chi connectivity index (χ4n) is 2.33. The standard InChI is InChI=1S/C15H19N3O4/c1-22-7-6-18-9-11(8-13(18)19)15(21)17-12-4-2-10(3-5-12)14(16)20/h2-5,11H,6-9H2,1H3,(H2,16,20)(H,17,21). The number of primary amides is 1. The molecular weight excluding hydrogens is 286 g/mol. The molecule has 2 rings (SSSR count). The van der Waals surface area contributed by atoms with Crippen LogP contribution in [0, 0.1) is 5.92 Å². The van der Waals surface area contributed by atoms with Crippen LogP contribution in [-0.4, -0.2) is 49.4 Å². The molecule has 1 aliphatic heterocycles. The number of carbonyl (C=O) groups is 3. The molecule has 118 valence electrons. The Morgan fingerprint density at radius 1 is 1.36 bits per heavy atom. The number of benzene rings is 1. The quantitative estimate of drug-likeness (QED) is 0.785. The van der Waals surface area contributed by atoms with Crippen LogP contribution < -0.4 is 11.1 Å². The molecule has 0 radical (unpaired) electrons. The van der Waals surface area contributed by atoms with Gasteiger partial charge in [0.2, 0.25) is 17.7 Å². The van der Waals surface area contributed by atoms with Crippen molar-refractivity contribution in [2.24, 2.45) is 11.7 Å². The summed E-state index contributed by atoms with van der Waals surface area (Å²) in [5.74, 6) is -1.14. The van der Waals surface area contributed by atoms with E-state index in [-0.39, 0.29) is 24.2 Å². The summed E-state index contributed by atoms with van der Waals surface area (Å²) in [6.45, 7) is 1.34.